The first kappa shape index (κ1) is 8.40. The number of hydrogen-bond donors (Lipinski definition) is 1. The second-order valence-corrected chi connectivity index (χ2v) is 3.76. The molecule has 15 heavy (non-hydrogen) atoms. The van der Waals surface area contributed by atoms with Crippen molar-refractivity contribution in [1.29, 1.82) is 0 Å². The normalized spacial score (nSPS) is 15.5. The Kier molecular flexibility index (Phi) is 1.71. The van der Waals surface area contributed by atoms with Crippen molar-refractivity contribution < 1.29 is 0 Å². The minimum absolute atomic E-state index is 0.544. The number of rotatable bonds is 2. The molecule has 0 aromatic carbocycles. The summed E-state index contributed by atoms with van der Waals surface area (Å²) in [6, 6.07) is 2.03. The first-order chi connectivity index (χ1) is 7.34. The van der Waals surface area contributed by atoms with Crippen LogP contribution in [0.15, 0.2) is 24.8 Å². The Labute approximate surface area is 87.0 Å². The highest BCUT2D eigenvalue weighted by Gasteiger charge is 2.26. The molecule has 5 nitrogen and oxygen atoms in total. The molecule has 1 aliphatic carbocycles. The summed E-state index contributed by atoms with van der Waals surface area (Å²) >= 11 is 0. The second-order valence-electron chi connectivity index (χ2n) is 3.76. The molecule has 0 unspecified atom stereocenters. The molecule has 1 saturated carbocycles. The number of hydrogen-bond acceptors (Lipinski definition) is 4. The van der Waals surface area contributed by atoms with Gasteiger partial charge in [0.05, 0.1) is 17.6 Å². The molecule has 5 heteroatoms. The van der Waals surface area contributed by atoms with Gasteiger partial charge in [-0.2, -0.15) is 5.10 Å². The highest BCUT2D eigenvalue weighted by Crippen LogP contribution is 2.39. The van der Waals surface area contributed by atoms with Gasteiger partial charge in [-0.15, -0.1) is 0 Å². The van der Waals surface area contributed by atoms with Crippen LogP contribution in [0.25, 0.3) is 5.82 Å². The van der Waals surface area contributed by atoms with E-state index in [1.807, 2.05) is 12.3 Å². The van der Waals surface area contributed by atoms with Gasteiger partial charge >= 0.3 is 0 Å². The van der Waals surface area contributed by atoms with E-state index in [2.05, 4.69) is 15.1 Å². The smallest absolute Gasteiger partial charge is 0.179 e. The van der Waals surface area contributed by atoms with Crippen LogP contribution in [0, 0.1) is 0 Å². The lowest BCUT2D eigenvalue weighted by Crippen LogP contribution is -2.04. The van der Waals surface area contributed by atoms with Crippen LogP contribution in [-0.2, 0) is 0 Å². The number of nitrogen functional groups attached to an aromatic ring is 1. The maximum atomic E-state index is 5.77. The van der Waals surface area contributed by atoms with E-state index in [1.165, 1.54) is 19.2 Å². The van der Waals surface area contributed by atoms with E-state index in [-0.39, 0.29) is 0 Å². The average molecular weight is 201 g/mol. The minimum atomic E-state index is 0.544. The first-order valence-electron chi connectivity index (χ1n) is 4.96. The summed E-state index contributed by atoms with van der Waals surface area (Å²) in [5.74, 6) is 1.30. The van der Waals surface area contributed by atoms with Crippen LogP contribution in [0.1, 0.15) is 24.5 Å². The molecular formula is C10H11N5. The molecule has 0 radical (unpaired) electrons. The zero-order valence-corrected chi connectivity index (χ0v) is 8.17. The number of nitrogens with two attached hydrogens (primary N) is 1. The van der Waals surface area contributed by atoms with Crippen LogP contribution in [-0.4, -0.2) is 19.7 Å². The van der Waals surface area contributed by atoms with Gasteiger partial charge in [-0.25, -0.2) is 14.6 Å². The van der Waals surface area contributed by atoms with Crippen LogP contribution < -0.4 is 5.73 Å². The van der Waals surface area contributed by atoms with Crippen molar-refractivity contribution in [2.24, 2.45) is 0 Å². The van der Waals surface area contributed by atoms with Gasteiger partial charge in [-0.05, 0) is 18.9 Å². The summed E-state index contributed by atoms with van der Waals surface area (Å²) in [4.78, 5) is 7.95. The number of anilines is 1. The minimum Gasteiger partial charge on any atom is -0.394 e. The maximum absolute atomic E-state index is 5.77. The van der Waals surface area contributed by atoms with Crippen molar-refractivity contribution in [2.75, 3.05) is 5.73 Å². The van der Waals surface area contributed by atoms with E-state index in [0.717, 1.165) is 5.69 Å². The Morgan fingerprint density at radius 1 is 1.40 bits per heavy atom. The maximum Gasteiger partial charge on any atom is 0.179 e. The molecule has 2 aromatic heterocycles. The predicted molar refractivity (Wildman–Crippen MR) is 55.5 cm³/mol. The fraction of sp³-hybridized carbons (Fsp3) is 0.300. The molecule has 3 rings (SSSR count). The van der Waals surface area contributed by atoms with E-state index in [4.69, 9.17) is 5.73 Å². The molecule has 2 heterocycles. The van der Waals surface area contributed by atoms with Crippen molar-refractivity contribution in [3.63, 3.8) is 0 Å². The molecule has 0 saturated heterocycles. The highest BCUT2D eigenvalue weighted by atomic mass is 15.3. The summed E-state index contributed by atoms with van der Waals surface area (Å²) < 4.78 is 1.71. The Bertz CT molecular complexity index is 486. The summed E-state index contributed by atoms with van der Waals surface area (Å²) in [5.41, 5.74) is 7.44. The molecule has 0 bridgehead atoms. The van der Waals surface area contributed by atoms with Crippen molar-refractivity contribution in [3.05, 3.63) is 30.5 Å². The van der Waals surface area contributed by atoms with Gasteiger partial charge < -0.3 is 5.73 Å². The molecule has 0 spiro atoms. The molecule has 76 valence electrons. The van der Waals surface area contributed by atoms with E-state index in [0.29, 0.717) is 17.4 Å². The quantitative estimate of drug-likeness (QED) is 0.790. The second kappa shape index (κ2) is 3.05. The monoisotopic (exact) mass is 201 g/mol. The Morgan fingerprint density at radius 3 is 3.00 bits per heavy atom. The Balaban J connectivity index is 2.01. The van der Waals surface area contributed by atoms with Gasteiger partial charge in [0.15, 0.2) is 5.82 Å². The third-order valence-corrected chi connectivity index (χ3v) is 2.54. The zero-order valence-electron chi connectivity index (χ0n) is 8.17. The van der Waals surface area contributed by atoms with Gasteiger partial charge in [-0.1, -0.05) is 0 Å². The van der Waals surface area contributed by atoms with Crippen molar-refractivity contribution in [1.82, 2.24) is 19.7 Å². The molecule has 0 atom stereocenters. The SMILES string of the molecule is Nc1cncnc1-n1ccc(C2CC2)n1. The zero-order chi connectivity index (χ0) is 10.3. The van der Waals surface area contributed by atoms with E-state index in [9.17, 15) is 0 Å². The van der Waals surface area contributed by atoms with Crippen LogP contribution in [0.5, 0.6) is 0 Å². The van der Waals surface area contributed by atoms with E-state index >= 15 is 0 Å². The highest BCUT2D eigenvalue weighted by molar-refractivity contribution is 5.50. The van der Waals surface area contributed by atoms with Crippen LogP contribution in [0.4, 0.5) is 5.69 Å². The van der Waals surface area contributed by atoms with E-state index < -0.39 is 0 Å². The molecule has 2 N–H and O–H groups in total. The lowest BCUT2D eigenvalue weighted by molar-refractivity contribution is 0.810. The lowest BCUT2D eigenvalue weighted by Gasteiger charge is -2.02. The molecule has 2 aromatic rings. The van der Waals surface area contributed by atoms with Crippen molar-refractivity contribution >= 4 is 5.69 Å². The van der Waals surface area contributed by atoms with Crippen LogP contribution in [0.3, 0.4) is 0 Å². The van der Waals surface area contributed by atoms with Crippen LogP contribution >= 0.6 is 0 Å². The summed E-state index contributed by atoms with van der Waals surface area (Å²) in [6.45, 7) is 0. The Morgan fingerprint density at radius 2 is 2.27 bits per heavy atom. The Hall–Kier alpha value is -1.91. The van der Waals surface area contributed by atoms with E-state index in [1.54, 1.807) is 10.9 Å². The van der Waals surface area contributed by atoms with Gasteiger partial charge in [0.2, 0.25) is 0 Å². The summed E-state index contributed by atoms with van der Waals surface area (Å²) in [5, 5.41) is 4.45. The largest absolute Gasteiger partial charge is 0.394 e. The first-order valence-corrected chi connectivity index (χ1v) is 4.96. The molecule has 1 aliphatic rings. The standard InChI is InChI=1S/C10H11N5/c11-8-5-12-6-13-10(8)15-4-3-9(14-15)7-1-2-7/h3-7H,1-2,11H2. The van der Waals surface area contributed by atoms with Crippen molar-refractivity contribution in [2.45, 2.75) is 18.8 Å². The van der Waals surface area contributed by atoms with Gasteiger partial charge in [0, 0.05) is 12.1 Å². The lowest BCUT2D eigenvalue weighted by atomic mass is 10.3. The molecule has 1 fully saturated rings. The summed E-state index contributed by atoms with van der Waals surface area (Å²) in [6.07, 6.45) is 7.45. The topological polar surface area (TPSA) is 69.6 Å². The number of aromatic nitrogens is 4. The summed E-state index contributed by atoms with van der Waals surface area (Å²) in [7, 11) is 0. The molecular weight excluding hydrogens is 190 g/mol. The van der Waals surface area contributed by atoms with Gasteiger partial charge in [0.1, 0.15) is 6.33 Å². The predicted octanol–water partition coefficient (Wildman–Crippen LogP) is 1.12. The third-order valence-electron chi connectivity index (χ3n) is 2.54. The van der Waals surface area contributed by atoms with Crippen molar-refractivity contribution in [3.8, 4) is 5.82 Å². The fourth-order valence-electron chi connectivity index (χ4n) is 1.58. The number of nitrogens with zero attached hydrogens (tertiary/aromatic N) is 4. The fourth-order valence-corrected chi connectivity index (χ4v) is 1.58. The molecule has 0 aliphatic heterocycles. The average Bonchev–Trinajstić information content (AvgIpc) is 2.99. The van der Waals surface area contributed by atoms with Crippen LogP contribution in [0.2, 0.25) is 0 Å². The van der Waals surface area contributed by atoms with Gasteiger partial charge in [0.25, 0.3) is 0 Å². The third kappa shape index (κ3) is 1.45. The molecule has 0 amide bonds. The van der Waals surface area contributed by atoms with Gasteiger partial charge in [-0.3, -0.25) is 0 Å².